The lowest BCUT2D eigenvalue weighted by atomic mass is 9.86. The van der Waals surface area contributed by atoms with Crippen LogP contribution >= 0.6 is 0 Å². The van der Waals surface area contributed by atoms with Crippen LogP contribution in [0.25, 0.3) is 0 Å². The number of fused-ring (bicyclic) bond motifs is 1. The van der Waals surface area contributed by atoms with Crippen LogP contribution < -0.4 is 5.32 Å². The minimum Gasteiger partial charge on any atom is -0.338 e. The van der Waals surface area contributed by atoms with Crippen molar-refractivity contribution in [1.82, 2.24) is 10.2 Å². The van der Waals surface area contributed by atoms with E-state index in [9.17, 15) is 4.79 Å². The van der Waals surface area contributed by atoms with Crippen LogP contribution in [0.5, 0.6) is 0 Å². The second-order valence-electron chi connectivity index (χ2n) is 5.86. The molecule has 2 aliphatic rings. The third kappa shape index (κ3) is 2.52. The zero-order valence-electron chi connectivity index (χ0n) is 11.6. The van der Waals surface area contributed by atoms with E-state index in [4.69, 9.17) is 0 Å². The molecule has 0 radical (unpaired) electrons. The van der Waals surface area contributed by atoms with E-state index in [-0.39, 0.29) is 5.92 Å². The van der Waals surface area contributed by atoms with E-state index in [2.05, 4.69) is 41.4 Å². The number of hydrogen-bond acceptors (Lipinski definition) is 2. The Balaban J connectivity index is 1.72. The molecule has 3 heteroatoms. The summed E-state index contributed by atoms with van der Waals surface area (Å²) in [5.41, 5.74) is 2.72. The van der Waals surface area contributed by atoms with E-state index in [0.717, 1.165) is 39.0 Å². The Morgan fingerprint density at radius 1 is 1.32 bits per heavy atom. The summed E-state index contributed by atoms with van der Waals surface area (Å²) in [5, 5.41) is 3.36. The molecule has 2 heterocycles. The molecular weight excluding hydrogens is 236 g/mol. The van der Waals surface area contributed by atoms with Crippen LogP contribution in [-0.4, -0.2) is 30.4 Å². The average molecular weight is 258 g/mol. The first-order valence-corrected chi connectivity index (χ1v) is 7.32. The summed E-state index contributed by atoms with van der Waals surface area (Å²) in [6, 6.07) is 8.49. The van der Waals surface area contributed by atoms with Gasteiger partial charge >= 0.3 is 0 Å². The van der Waals surface area contributed by atoms with Crippen molar-refractivity contribution >= 4 is 5.91 Å². The number of amides is 1. The van der Waals surface area contributed by atoms with E-state index < -0.39 is 0 Å². The summed E-state index contributed by atoms with van der Waals surface area (Å²) < 4.78 is 0. The Bertz CT molecular complexity index is 472. The third-order valence-corrected chi connectivity index (χ3v) is 4.59. The van der Waals surface area contributed by atoms with Gasteiger partial charge in [0.1, 0.15) is 0 Å². The fraction of sp³-hybridized carbons (Fsp3) is 0.562. The maximum Gasteiger partial charge on any atom is 0.227 e. The molecule has 2 aliphatic heterocycles. The lowest BCUT2D eigenvalue weighted by Gasteiger charge is -2.36. The maximum absolute atomic E-state index is 12.7. The van der Waals surface area contributed by atoms with Crippen LogP contribution in [0.2, 0.25) is 0 Å². The minimum absolute atomic E-state index is 0.166. The number of carbonyl (C=O) groups excluding carboxylic acids is 1. The number of hydrogen-bond donors (Lipinski definition) is 1. The van der Waals surface area contributed by atoms with Gasteiger partial charge in [0.15, 0.2) is 0 Å². The van der Waals surface area contributed by atoms with Crippen LogP contribution in [-0.2, 0) is 17.8 Å². The Labute approximate surface area is 115 Å². The fourth-order valence-electron chi connectivity index (χ4n) is 3.24. The average Bonchev–Trinajstić information content (AvgIpc) is 2.46. The van der Waals surface area contributed by atoms with Gasteiger partial charge in [-0.3, -0.25) is 4.79 Å². The molecule has 3 nitrogen and oxygen atoms in total. The molecule has 0 aliphatic carbocycles. The lowest BCUT2D eigenvalue weighted by Crippen LogP contribution is -2.47. The molecule has 3 rings (SSSR count). The van der Waals surface area contributed by atoms with E-state index in [1.54, 1.807) is 0 Å². The van der Waals surface area contributed by atoms with Gasteiger partial charge in [-0.2, -0.15) is 0 Å². The van der Waals surface area contributed by atoms with Gasteiger partial charge in [0.2, 0.25) is 5.91 Å². The molecule has 1 aromatic rings. The fourth-order valence-corrected chi connectivity index (χ4v) is 3.24. The van der Waals surface area contributed by atoms with Crippen molar-refractivity contribution in [2.75, 3.05) is 19.6 Å². The first-order chi connectivity index (χ1) is 9.25. The zero-order valence-corrected chi connectivity index (χ0v) is 11.6. The Kier molecular flexibility index (Phi) is 3.56. The molecule has 1 aromatic carbocycles. The van der Waals surface area contributed by atoms with Crippen molar-refractivity contribution in [1.29, 1.82) is 0 Å². The summed E-state index contributed by atoms with van der Waals surface area (Å²) in [4.78, 5) is 14.7. The van der Waals surface area contributed by atoms with Crippen molar-refractivity contribution in [2.45, 2.75) is 26.3 Å². The van der Waals surface area contributed by atoms with Crippen LogP contribution in [0, 0.1) is 11.8 Å². The number of benzene rings is 1. The smallest absolute Gasteiger partial charge is 0.227 e. The summed E-state index contributed by atoms with van der Waals surface area (Å²) in [6.45, 7) is 5.77. The Morgan fingerprint density at radius 3 is 2.89 bits per heavy atom. The summed E-state index contributed by atoms with van der Waals surface area (Å²) in [5.74, 6) is 1.01. The number of nitrogens with one attached hydrogen (secondary N) is 1. The lowest BCUT2D eigenvalue weighted by molar-refractivity contribution is -0.138. The molecule has 1 amide bonds. The highest BCUT2D eigenvalue weighted by Crippen LogP contribution is 2.25. The second kappa shape index (κ2) is 5.33. The summed E-state index contributed by atoms with van der Waals surface area (Å²) in [6.07, 6.45) is 2.11. The topological polar surface area (TPSA) is 32.3 Å². The van der Waals surface area contributed by atoms with Gasteiger partial charge in [-0.05, 0) is 36.4 Å². The van der Waals surface area contributed by atoms with Gasteiger partial charge in [-0.15, -0.1) is 0 Å². The molecule has 0 bridgehead atoms. The zero-order chi connectivity index (χ0) is 13.2. The highest BCUT2D eigenvalue weighted by molar-refractivity contribution is 5.79. The first-order valence-electron chi connectivity index (χ1n) is 7.32. The highest BCUT2D eigenvalue weighted by atomic mass is 16.2. The van der Waals surface area contributed by atoms with Crippen molar-refractivity contribution in [3.05, 3.63) is 35.4 Å². The van der Waals surface area contributed by atoms with Crippen molar-refractivity contribution in [2.24, 2.45) is 11.8 Å². The third-order valence-electron chi connectivity index (χ3n) is 4.59. The number of rotatable bonds is 1. The van der Waals surface area contributed by atoms with E-state index in [1.807, 2.05) is 0 Å². The van der Waals surface area contributed by atoms with Crippen LogP contribution in [0.3, 0.4) is 0 Å². The summed E-state index contributed by atoms with van der Waals surface area (Å²) in [7, 11) is 0. The van der Waals surface area contributed by atoms with Crippen LogP contribution in [0.4, 0.5) is 0 Å². The van der Waals surface area contributed by atoms with E-state index >= 15 is 0 Å². The predicted molar refractivity (Wildman–Crippen MR) is 75.7 cm³/mol. The molecule has 19 heavy (non-hydrogen) atoms. The monoisotopic (exact) mass is 258 g/mol. The summed E-state index contributed by atoms with van der Waals surface area (Å²) >= 11 is 0. The van der Waals surface area contributed by atoms with E-state index in [0.29, 0.717) is 11.8 Å². The molecule has 0 aromatic heterocycles. The molecule has 0 saturated carbocycles. The standard InChI is InChI=1S/C16H22N2O/c1-12-6-8-17-10-15(12)16(19)18-9-7-13-4-2-3-5-14(13)11-18/h2-5,12,15,17H,6-11H2,1H3/t12-,15-/m0/s1. The van der Waals surface area contributed by atoms with Gasteiger partial charge < -0.3 is 10.2 Å². The van der Waals surface area contributed by atoms with Gasteiger partial charge in [0.05, 0.1) is 5.92 Å². The molecule has 2 atom stereocenters. The van der Waals surface area contributed by atoms with Crippen molar-refractivity contribution in [3.63, 3.8) is 0 Å². The quantitative estimate of drug-likeness (QED) is 0.833. The number of nitrogens with zero attached hydrogens (tertiary/aromatic N) is 1. The van der Waals surface area contributed by atoms with Gasteiger partial charge in [-0.25, -0.2) is 0 Å². The van der Waals surface area contributed by atoms with Gasteiger partial charge in [-0.1, -0.05) is 31.2 Å². The molecule has 0 spiro atoms. The molecule has 0 unspecified atom stereocenters. The molecule has 1 saturated heterocycles. The highest BCUT2D eigenvalue weighted by Gasteiger charge is 2.32. The largest absolute Gasteiger partial charge is 0.338 e. The van der Waals surface area contributed by atoms with Gasteiger partial charge in [0.25, 0.3) is 0 Å². The number of carbonyl (C=O) groups is 1. The van der Waals surface area contributed by atoms with Crippen molar-refractivity contribution in [3.8, 4) is 0 Å². The second-order valence-corrected chi connectivity index (χ2v) is 5.86. The van der Waals surface area contributed by atoms with Crippen molar-refractivity contribution < 1.29 is 4.79 Å². The SMILES string of the molecule is C[C@H]1CCNC[C@@H]1C(=O)N1CCc2ccccc2C1. The molecular formula is C16H22N2O. The normalized spacial score (nSPS) is 26.9. The van der Waals surface area contributed by atoms with Gasteiger partial charge in [0, 0.05) is 19.6 Å². The maximum atomic E-state index is 12.7. The molecule has 102 valence electrons. The van der Waals surface area contributed by atoms with Crippen LogP contribution in [0.1, 0.15) is 24.5 Å². The van der Waals surface area contributed by atoms with Crippen LogP contribution in [0.15, 0.2) is 24.3 Å². The minimum atomic E-state index is 0.166. The molecule has 1 N–H and O–H groups in total. The Morgan fingerprint density at radius 2 is 2.11 bits per heavy atom. The molecule has 1 fully saturated rings. The predicted octanol–water partition coefficient (Wildman–Crippen LogP) is 1.82. The van der Waals surface area contributed by atoms with E-state index in [1.165, 1.54) is 11.1 Å². The Hall–Kier alpha value is -1.35. The first kappa shape index (κ1) is 12.7. The number of piperidine rings is 1.